The van der Waals surface area contributed by atoms with E-state index in [-0.39, 0.29) is 17.9 Å². The van der Waals surface area contributed by atoms with E-state index in [0.29, 0.717) is 24.4 Å². The van der Waals surface area contributed by atoms with Crippen molar-refractivity contribution in [3.8, 4) is 5.75 Å². The van der Waals surface area contributed by atoms with E-state index in [1.807, 2.05) is 13.8 Å². The van der Waals surface area contributed by atoms with E-state index in [9.17, 15) is 4.79 Å². The molecule has 2 atom stereocenters. The van der Waals surface area contributed by atoms with Gasteiger partial charge in [0, 0.05) is 12.6 Å². The largest absolute Gasteiger partial charge is 0.493 e. The monoisotopic (exact) mass is 267 g/mol. The van der Waals surface area contributed by atoms with Crippen LogP contribution in [0.2, 0.25) is 0 Å². The van der Waals surface area contributed by atoms with Crippen molar-refractivity contribution in [3.05, 3.63) is 11.9 Å². The normalized spacial score (nSPS) is 23.0. The first-order valence-electron chi connectivity index (χ1n) is 6.59. The van der Waals surface area contributed by atoms with Crippen molar-refractivity contribution in [1.29, 1.82) is 0 Å². The standard InChI is InChI=1S/C13H21N3O3/c1-8(2)16-12(11(18-3)7-15-16)13(17)10-5-4-9(6-14)19-10/h7-10H,4-6,14H2,1-3H3. The molecule has 0 saturated carbocycles. The number of rotatable bonds is 5. The fourth-order valence-electron chi connectivity index (χ4n) is 2.35. The molecule has 1 aliphatic rings. The summed E-state index contributed by atoms with van der Waals surface area (Å²) in [5, 5.41) is 4.21. The Balaban J connectivity index is 2.25. The van der Waals surface area contributed by atoms with Crippen LogP contribution in [0.15, 0.2) is 6.20 Å². The lowest BCUT2D eigenvalue weighted by Gasteiger charge is -2.15. The molecule has 6 heteroatoms. The highest BCUT2D eigenvalue weighted by atomic mass is 16.5. The minimum atomic E-state index is -0.434. The zero-order valence-electron chi connectivity index (χ0n) is 11.6. The Morgan fingerprint density at radius 3 is 2.89 bits per heavy atom. The first-order chi connectivity index (χ1) is 9.08. The van der Waals surface area contributed by atoms with Crippen LogP contribution in [-0.4, -0.2) is 41.4 Å². The Morgan fingerprint density at radius 2 is 2.37 bits per heavy atom. The van der Waals surface area contributed by atoms with E-state index >= 15 is 0 Å². The van der Waals surface area contributed by atoms with Gasteiger partial charge in [-0.15, -0.1) is 0 Å². The average Bonchev–Trinajstić information content (AvgIpc) is 3.03. The molecule has 2 unspecified atom stereocenters. The number of aromatic nitrogens is 2. The molecule has 0 radical (unpaired) electrons. The van der Waals surface area contributed by atoms with Gasteiger partial charge in [-0.3, -0.25) is 9.48 Å². The molecular formula is C13H21N3O3. The molecule has 2 N–H and O–H groups in total. The van der Waals surface area contributed by atoms with Crippen LogP contribution in [0.1, 0.15) is 43.2 Å². The lowest BCUT2D eigenvalue weighted by molar-refractivity contribution is 0.0392. The molecule has 0 aliphatic carbocycles. The molecule has 0 bridgehead atoms. The molecule has 1 aromatic rings. The summed E-state index contributed by atoms with van der Waals surface area (Å²) in [5.74, 6) is 0.428. The summed E-state index contributed by atoms with van der Waals surface area (Å²) in [4.78, 5) is 12.6. The molecule has 19 heavy (non-hydrogen) atoms. The summed E-state index contributed by atoms with van der Waals surface area (Å²) in [5.41, 5.74) is 6.06. The second kappa shape index (κ2) is 5.71. The van der Waals surface area contributed by atoms with Crippen LogP contribution in [0.4, 0.5) is 0 Å². The number of ether oxygens (including phenoxy) is 2. The smallest absolute Gasteiger partial charge is 0.213 e. The highest BCUT2D eigenvalue weighted by Gasteiger charge is 2.34. The Kier molecular flexibility index (Phi) is 4.21. The molecule has 6 nitrogen and oxygen atoms in total. The maximum Gasteiger partial charge on any atom is 0.213 e. The van der Waals surface area contributed by atoms with Gasteiger partial charge < -0.3 is 15.2 Å². The Bertz CT molecular complexity index is 456. The van der Waals surface area contributed by atoms with Gasteiger partial charge in [-0.25, -0.2) is 0 Å². The Morgan fingerprint density at radius 1 is 1.63 bits per heavy atom. The number of carbonyl (C=O) groups excluding carboxylic acids is 1. The molecule has 1 saturated heterocycles. The molecule has 1 fully saturated rings. The van der Waals surface area contributed by atoms with E-state index in [4.69, 9.17) is 15.2 Å². The van der Waals surface area contributed by atoms with Gasteiger partial charge in [0.15, 0.2) is 5.75 Å². The number of nitrogens with zero attached hydrogens (tertiary/aromatic N) is 2. The zero-order chi connectivity index (χ0) is 14.0. The van der Waals surface area contributed by atoms with Crippen LogP contribution >= 0.6 is 0 Å². The SMILES string of the molecule is COc1cnn(C(C)C)c1C(=O)C1CCC(CN)O1. The van der Waals surface area contributed by atoms with Gasteiger partial charge >= 0.3 is 0 Å². The van der Waals surface area contributed by atoms with Crippen LogP contribution < -0.4 is 10.5 Å². The third kappa shape index (κ3) is 2.64. The van der Waals surface area contributed by atoms with Gasteiger partial charge in [0.05, 0.1) is 19.4 Å². The lowest BCUT2D eigenvalue weighted by Crippen LogP contribution is -2.27. The maximum atomic E-state index is 12.6. The van der Waals surface area contributed by atoms with E-state index < -0.39 is 6.10 Å². The number of ketones is 1. The van der Waals surface area contributed by atoms with E-state index in [2.05, 4.69) is 5.10 Å². The lowest BCUT2D eigenvalue weighted by atomic mass is 10.1. The molecule has 2 heterocycles. The molecule has 106 valence electrons. The number of methoxy groups -OCH3 is 1. The topological polar surface area (TPSA) is 79.4 Å². The Labute approximate surface area is 112 Å². The van der Waals surface area contributed by atoms with Crippen molar-refractivity contribution in [3.63, 3.8) is 0 Å². The van der Waals surface area contributed by atoms with Crippen molar-refractivity contribution in [2.75, 3.05) is 13.7 Å². The highest BCUT2D eigenvalue weighted by Crippen LogP contribution is 2.28. The van der Waals surface area contributed by atoms with Crippen molar-refractivity contribution in [2.24, 2.45) is 5.73 Å². The molecule has 0 aromatic carbocycles. The van der Waals surface area contributed by atoms with Crippen molar-refractivity contribution < 1.29 is 14.3 Å². The fourth-order valence-corrected chi connectivity index (χ4v) is 2.35. The van der Waals surface area contributed by atoms with Crippen LogP contribution in [0.3, 0.4) is 0 Å². The number of Topliss-reactive ketones (excluding diaryl/α,β-unsaturated/α-hetero) is 1. The van der Waals surface area contributed by atoms with Crippen molar-refractivity contribution in [2.45, 2.75) is 44.9 Å². The fraction of sp³-hybridized carbons (Fsp3) is 0.692. The molecule has 0 amide bonds. The Hall–Kier alpha value is -1.40. The summed E-state index contributed by atoms with van der Waals surface area (Å²) in [7, 11) is 1.54. The van der Waals surface area contributed by atoms with Crippen molar-refractivity contribution in [1.82, 2.24) is 9.78 Å². The highest BCUT2D eigenvalue weighted by molar-refractivity contribution is 6.00. The van der Waals surface area contributed by atoms with Crippen molar-refractivity contribution >= 4 is 5.78 Å². The van der Waals surface area contributed by atoms with Gasteiger partial charge in [0.1, 0.15) is 11.8 Å². The number of hydrogen-bond acceptors (Lipinski definition) is 5. The second-order valence-corrected chi connectivity index (χ2v) is 5.02. The summed E-state index contributed by atoms with van der Waals surface area (Å²) in [6.45, 7) is 4.40. The number of carbonyl (C=O) groups is 1. The average molecular weight is 267 g/mol. The van der Waals surface area contributed by atoms with E-state index in [1.54, 1.807) is 10.9 Å². The van der Waals surface area contributed by atoms with E-state index in [1.165, 1.54) is 7.11 Å². The minimum absolute atomic E-state index is 0.0182. The van der Waals surface area contributed by atoms with Gasteiger partial charge in [0.25, 0.3) is 0 Å². The molecule has 1 aromatic heterocycles. The van der Waals surface area contributed by atoms with Gasteiger partial charge in [0.2, 0.25) is 5.78 Å². The molecular weight excluding hydrogens is 246 g/mol. The van der Waals surface area contributed by atoms with Gasteiger partial charge in [-0.1, -0.05) is 0 Å². The number of nitrogens with two attached hydrogens (primary N) is 1. The van der Waals surface area contributed by atoms with Gasteiger partial charge in [-0.2, -0.15) is 5.10 Å². The molecule has 2 rings (SSSR count). The molecule has 1 aliphatic heterocycles. The quantitative estimate of drug-likeness (QED) is 0.810. The minimum Gasteiger partial charge on any atom is -0.493 e. The summed E-state index contributed by atoms with van der Waals surface area (Å²) < 4.78 is 12.6. The summed E-state index contributed by atoms with van der Waals surface area (Å²) in [6.07, 6.45) is 2.65. The summed E-state index contributed by atoms with van der Waals surface area (Å²) in [6, 6.07) is 0.0922. The third-order valence-electron chi connectivity index (χ3n) is 3.37. The second-order valence-electron chi connectivity index (χ2n) is 5.02. The summed E-state index contributed by atoms with van der Waals surface area (Å²) >= 11 is 0. The van der Waals surface area contributed by atoms with Gasteiger partial charge in [-0.05, 0) is 26.7 Å². The first-order valence-corrected chi connectivity index (χ1v) is 6.59. The van der Waals surface area contributed by atoms with E-state index in [0.717, 1.165) is 6.42 Å². The predicted octanol–water partition coefficient (Wildman–Crippen LogP) is 1.16. The van der Waals surface area contributed by atoms with Crippen LogP contribution in [0.5, 0.6) is 5.75 Å². The van der Waals surface area contributed by atoms with Crippen LogP contribution in [0, 0.1) is 0 Å². The molecule has 0 spiro atoms. The van der Waals surface area contributed by atoms with Crippen LogP contribution in [0.25, 0.3) is 0 Å². The third-order valence-corrected chi connectivity index (χ3v) is 3.37. The maximum absolute atomic E-state index is 12.6. The predicted molar refractivity (Wildman–Crippen MR) is 70.4 cm³/mol. The number of hydrogen-bond donors (Lipinski definition) is 1. The zero-order valence-corrected chi connectivity index (χ0v) is 11.6. The van der Waals surface area contributed by atoms with Crippen LogP contribution in [-0.2, 0) is 4.74 Å². The first kappa shape index (κ1) is 14.0.